The molecule has 3 nitrogen and oxygen atoms in total. The Bertz CT molecular complexity index is 457. The van der Waals surface area contributed by atoms with Crippen molar-refractivity contribution in [1.82, 2.24) is 4.98 Å². The van der Waals surface area contributed by atoms with Gasteiger partial charge in [0.1, 0.15) is 0 Å². The van der Waals surface area contributed by atoms with Crippen molar-refractivity contribution in [2.24, 2.45) is 0 Å². The fraction of sp³-hybridized carbons (Fsp3) is 0.214. The topological polar surface area (TPSA) is 34.1 Å². The van der Waals surface area contributed by atoms with E-state index in [0.717, 1.165) is 18.7 Å². The van der Waals surface area contributed by atoms with Crippen LogP contribution in [0.25, 0.3) is 0 Å². The first kappa shape index (κ1) is 11.5. The van der Waals surface area contributed by atoms with Crippen LogP contribution in [0, 0.1) is 0 Å². The highest BCUT2D eigenvalue weighted by atomic mass is 16.5. The SMILES string of the molecule is COc1cc(NCCc2ccccc2)ccn1. The zero-order valence-electron chi connectivity index (χ0n) is 9.89. The monoisotopic (exact) mass is 228 g/mol. The number of aromatic nitrogens is 1. The van der Waals surface area contributed by atoms with Crippen LogP contribution in [0.4, 0.5) is 5.69 Å². The summed E-state index contributed by atoms with van der Waals surface area (Å²) in [5.74, 6) is 0.634. The molecular weight excluding hydrogens is 212 g/mol. The number of methoxy groups -OCH3 is 1. The first-order valence-corrected chi connectivity index (χ1v) is 5.66. The molecule has 1 N–H and O–H groups in total. The molecule has 0 aliphatic rings. The minimum Gasteiger partial charge on any atom is -0.481 e. The molecule has 0 bridgehead atoms. The quantitative estimate of drug-likeness (QED) is 0.854. The standard InChI is InChI=1S/C14H16N2O/c1-17-14-11-13(8-10-16-14)15-9-7-12-5-3-2-4-6-12/h2-6,8,10-11H,7,9H2,1H3,(H,15,16). The van der Waals surface area contributed by atoms with E-state index in [1.54, 1.807) is 13.3 Å². The Balaban J connectivity index is 1.86. The number of hydrogen-bond donors (Lipinski definition) is 1. The van der Waals surface area contributed by atoms with Crippen LogP contribution in [0.3, 0.4) is 0 Å². The predicted octanol–water partition coefficient (Wildman–Crippen LogP) is 2.74. The molecule has 88 valence electrons. The molecule has 0 saturated carbocycles. The van der Waals surface area contributed by atoms with E-state index in [1.807, 2.05) is 18.2 Å². The van der Waals surface area contributed by atoms with E-state index in [4.69, 9.17) is 4.74 Å². The minimum absolute atomic E-state index is 0.634. The molecule has 0 fully saturated rings. The first-order valence-electron chi connectivity index (χ1n) is 5.66. The molecule has 2 aromatic rings. The third-order valence-corrected chi connectivity index (χ3v) is 2.53. The summed E-state index contributed by atoms with van der Waals surface area (Å²) >= 11 is 0. The minimum atomic E-state index is 0.634. The van der Waals surface area contributed by atoms with Gasteiger partial charge in [-0.15, -0.1) is 0 Å². The lowest BCUT2D eigenvalue weighted by Gasteiger charge is -2.07. The zero-order chi connectivity index (χ0) is 11.9. The molecule has 0 atom stereocenters. The molecule has 3 heteroatoms. The van der Waals surface area contributed by atoms with Crippen LogP contribution in [0.5, 0.6) is 5.88 Å². The molecule has 0 saturated heterocycles. The van der Waals surface area contributed by atoms with Gasteiger partial charge in [-0.2, -0.15) is 0 Å². The van der Waals surface area contributed by atoms with Gasteiger partial charge in [-0.05, 0) is 18.1 Å². The van der Waals surface area contributed by atoms with Gasteiger partial charge in [-0.25, -0.2) is 4.98 Å². The van der Waals surface area contributed by atoms with Gasteiger partial charge in [-0.1, -0.05) is 30.3 Å². The number of pyridine rings is 1. The molecule has 17 heavy (non-hydrogen) atoms. The molecule has 0 unspecified atom stereocenters. The van der Waals surface area contributed by atoms with Crippen molar-refractivity contribution in [2.45, 2.75) is 6.42 Å². The summed E-state index contributed by atoms with van der Waals surface area (Å²) in [7, 11) is 1.62. The van der Waals surface area contributed by atoms with Gasteiger partial charge in [0, 0.05) is 24.5 Å². The van der Waals surface area contributed by atoms with E-state index in [2.05, 4.69) is 34.6 Å². The van der Waals surface area contributed by atoms with Gasteiger partial charge < -0.3 is 10.1 Å². The third kappa shape index (κ3) is 3.48. The summed E-state index contributed by atoms with van der Waals surface area (Å²) in [6.07, 6.45) is 2.75. The average Bonchev–Trinajstić information content (AvgIpc) is 2.40. The molecular formula is C14H16N2O. The van der Waals surface area contributed by atoms with Crippen molar-refractivity contribution in [3.05, 3.63) is 54.2 Å². The lowest BCUT2D eigenvalue weighted by molar-refractivity contribution is 0.398. The van der Waals surface area contributed by atoms with Crippen LogP contribution in [0.1, 0.15) is 5.56 Å². The molecule has 2 rings (SSSR count). The summed E-state index contributed by atoms with van der Waals surface area (Å²) in [6, 6.07) is 14.3. The Labute approximate surface area is 101 Å². The van der Waals surface area contributed by atoms with Gasteiger partial charge in [0.2, 0.25) is 5.88 Å². The highest BCUT2D eigenvalue weighted by Crippen LogP contribution is 2.13. The van der Waals surface area contributed by atoms with Gasteiger partial charge in [0.15, 0.2) is 0 Å². The molecule has 1 aromatic carbocycles. The first-order chi connectivity index (χ1) is 8.38. The number of nitrogens with zero attached hydrogens (tertiary/aromatic N) is 1. The Morgan fingerprint density at radius 2 is 2.00 bits per heavy atom. The maximum atomic E-state index is 5.07. The summed E-state index contributed by atoms with van der Waals surface area (Å²) in [6.45, 7) is 0.900. The Hall–Kier alpha value is -2.03. The summed E-state index contributed by atoms with van der Waals surface area (Å²) in [5, 5.41) is 3.35. The average molecular weight is 228 g/mol. The Kier molecular flexibility index (Phi) is 3.97. The molecule has 1 aromatic heterocycles. The normalized spacial score (nSPS) is 9.94. The molecule has 0 spiro atoms. The van der Waals surface area contributed by atoms with E-state index in [-0.39, 0.29) is 0 Å². The maximum Gasteiger partial charge on any atom is 0.214 e. The second kappa shape index (κ2) is 5.89. The molecule has 0 amide bonds. The molecule has 0 aliphatic heterocycles. The summed E-state index contributed by atoms with van der Waals surface area (Å²) in [4.78, 5) is 4.06. The van der Waals surface area contributed by atoms with Gasteiger partial charge in [-0.3, -0.25) is 0 Å². The van der Waals surface area contributed by atoms with Crippen LogP contribution in [-0.4, -0.2) is 18.6 Å². The Morgan fingerprint density at radius 1 is 1.18 bits per heavy atom. The van der Waals surface area contributed by atoms with Crippen LogP contribution in [-0.2, 0) is 6.42 Å². The van der Waals surface area contributed by atoms with Crippen molar-refractivity contribution in [3.8, 4) is 5.88 Å². The number of nitrogens with one attached hydrogen (secondary N) is 1. The molecule has 0 aliphatic carbocycles. The zero-order valence-corrected chi connectivity index (χ0v) is 9.89. The molecule has 0 radical (unpaired) electrons. The number of anilines is 1. The number of ether oxygens (including phenoxy) is 1. The predicted molar refractivity (Wildman–Crippen MR) is 69.4 cm³/mol. The van der Waals surface area contributed by atoms with Gasteiger partial charge >= 0.3 is 0 Å². The van der Waals surface area contributed by atoms with Crippen LogP contribution < -0.4 is 10.1 Å². The third-order valence-electron chi connectivity index (χ3n) is 2.53. The number of rotatable bonds is 5. The second-order valence-electron chi connectivity index (χ2n) is 3.75. The van der Waals surface area contributed by atoms with Crippen molar-refractivity contribution in [1.29, 1.82) is 0 Å². The fourth-order valence-electron chi connectivity index (χ4n) is 1.63. The van der Waals surface area contributed by atoms with Gasteiger partial charge in [0.05, 0.1) is 7.11 Å². The van der Waals surface area contributed by atoms with Crippen LogP contribution in [0.15, 0.2) is 48.7 Å². The van der Waals surface area contributed by atoms with E-state index < -0.39 is 0 Å². The van der Waals surface area contributed by atoms with Crippen LogP contribution in [0.2, 0.25) is 0 Å². The van der Waals surface area contributed by atoms with Crippen molar-refractivity contribution < 1.29 is 4.74 Å². The maximum absolute atomic E-state index is 5.07. The van der Waals surface area contributed by atoms with E-state index in [9.17, 15) is 0 Å². The van der Waals surface area contributed by atoms with E-state index >= 15 is 0 Å². The lowest BCUT2D eigenvalue weighted by Crippen LogP contribution is -2.05. The highest BCUT2D eigenvalue weighted by Gasteiger charge is 1.96. The van der Waals surface area contributed by atoms with E-state index in [0.29, 0.717) is 5.88 Å². The van der Waals surface area contributed by atoms with Crippen LogP contribution >= 0.6 is 0 Å². The Morgan fingerprint density at radius 3 is 2.76 bits per heavy atom. The van der Waals surface area contributed by atoms with Crippen molar-refractivity contribution in [3.63, 3.8) is 0 Å². The smallest absolute Gasteiger partial charge is 0.214 e. The number of benzene rings is 1. The lowest BCUT2D eigenvalue weighted by atomic mass is 10.1. The highest BCUT2D eigenvalue weighted by molar-refractivity contribution is 5.45. The summed E-state index contributed by atoms with van der Waals surface area (Å²) in [5.41, 5.74) is 2.37. The summed E-state index contributed by atoms with van der Waals surface area (Å²) < 4.78 is 5.07. The van der Waals surface area contributed by atoms with Gasteiger partial charge in [0.25, 0.3) is 0 Å². The second-order valence-corrected chi connectivity index (χ2v) is 3.75. The van der Waals surface area contributed by atoms with Crippen molar-refractivity contribution >= 4 is 5.69 Å². The fourth-order valence-corrected chi connectivity index (χ4v) is 1.63. The number of hydrogen-bond acceptors (Lipinski definition) is 3. The molecule has 1 heterocycles. The van der Waals surface area contributed by atoms with Crippen molar-refractivity contribution in [2.75, 3.05) is 19.0 Å². The largest absolute Gasteiger partial charge is 0.481 e. The van der Waals surface area contributed by atoms with E-state index in [1.165, 1.54) is 5.56 Å².